The average Bonchev–Trinajstić information content (AvgIpc) is 2.20. The van der Waals surface area contributed by atoms with Gasteiger partial charge < -0.3 is 9.05 Å². The second kappa shape index (κ2) is 9.83. The number of hydrogen-bond acceptors (Lipinski definition) is 3. The molecule has 5 heteroatoms. The first-order valence-corrected chi connectivity index (χ1v) is 9.27. The highest BCUT2D eigenvalue weighted by Crippen LogP contribution is 2.56. The highest BCUT2D eigenvalue weighted by Gasteiger charge is 2.18. The van der Waals surface area contributed by atoms with Crippen molar-refractivity contribution in [2.24, 2.45) is 0 Å². The van der Waals surface area contributed by atoms with Gasteiger partial charge in [0.2, 0.25) is 0 Å². The van der Waals surface area contributed by atoms with Crippen molar-refractivity contribution >= 4 is 21.8 Å². The van der Waals surface area contributed by atoms with Crippen LogP contribution in [0.15, 0.2) is 0 Å². The van der Waals surface area contributed by atoms with Gasteiger partial charge in [0.05, 0.1) is 13.2 Å². The standard InChI is InChI=1S/C10H22BrO3P/c1-3-5-7-9-13-15(11,12)14-10-8-6-4-2/h3-10H2,1-2H3. The number of unbranched alkanes of at least 4 members (excludes halogenated alkanes) is 4. The second-order valence-corrected chi connectivity index (χ2v) is 7.49. The van der Waals surface area contributed by atoms with E-state index in [9.17, 15) is 4.57 Å². The molecule has 0 spiro atoms. The molecule has 3 nitrogen and oxygen atoms in total. The first-order valence-electron chi connectivity index (χ1n) is 5.71. The maximum absolute atomic E-state index is 11.6. The molecule has 0 fully saturated rings. The van der Waals surface area contributed by atoms with Gasteiger partial charge in [-0.25, -0.2) is 4.57 Å². The quantitative estimate of drug-likeness (QED) is 0.425. The SMILES string of the molecule is CCCCCOP(=O)(Br)OCCCCC. The molecular formula is C10H22BrO3P. The maximum atomic E-state index is 11.6. The van der Waals surface area contributed by atoms with Crippen LogP contribution in [-0.2, 0) is 13.6 Å². The molecule has 0 bridgehead atoms. The van der Waals surface area contributed by atoms with Crippen molar-refractivity contribution < 1.29 is 13.6 Å². The lowest BCUT2D eigenvalue weighted by Crippen LogP contribution is -1.95. The van der Waals surface area contributed by atoms with Crippen molar-refractivity contribution in [2.75, 3.05) is 13.2 Å². The highest BCUT2D eigenvalue weighted by molar-refractivity contribution is 9.39. The van der Waals surface area contributed by atoms with Crippen LogP contribution in [0.4, 0.5) is 0 Å². The van der Waals surface area contributed by atoms with Gasteiger partial charge in [0.15, 0.2) is 0 Å². The van der Waals surface area contributed by atoms with Crippen LogP contribution in [0.25, 0.3) is 0 Å². The van der Waals surface area contributed by atoms with Crippen LogP contribution in [0.5, 0.6) is 0 Å². The summed E-state index contributed by atoms with van der Waals surface area (Å²) in [5.41, 5.74) is 0. The Morgan fingerprint density at radius 1 is 0.933 bits per heavy atom. The van der Waals surface area contributed by atoms with E-state index in [1.807, 2.05) is 0 Å². The first-order chi connectivity index (χ1) is 7.12. The summed E-state index contributed by atoms with van der Waals surface area (Å²) in [7, 11) is 0. The summed E-state index contributed by atoms with van der Waals surface area (Å²) in [6.45, 7) is 5.25. The molecule has 0 radical (unpaired) electrons. The van der Waals surface area contributed by atoms with Crippen LogP contribution in [-0.4, -0.2) is 13.2 Å². The molecule has 0 aliphatic carbocycles. The lowest BCUT2D eigenvalue weighted by molar-refractivity contribution is 0.214. The zero-order valence-electron chi connectivity index (χ0n) is 9.71. The first kappa shape index (κ1) is 15.6. The fraction of sp³-hybridized carbons (Fsp3) is 1.00. The Hall–Kier alpha value is 0.630. The van der Waals surface area contributed by atoms with Gasteiger partial charge in [-0.2, -0.15) is 0 Å². The average molecular weight is 301 g/mol. The molecule has 0 unspecified atom stereocenters. The number of rotatable bonds is 10. The number of halogens is 1. The Balaban J connectivity index is 3.45. The van der Waals surface area contributed by atoms with Crippen LogP contribution in [0.1, 0.15) is 52.4 Å². The molecule has 0 atom stereocenters. The molecule has 0 amide bonds. The molecule has 0 saturated heterocycles. The predicted octanol–water partition coefficient (Wildman–Crippen LogP) is 4.90. The van der Waals surface area contributed by atoms with Crippen molar-refractivity contribution in [3.63, 3.8) is 0 Å². The molecule has 0 aromatic heterocycles. The molecule has 0 aliphatic rings. The van der Waals surface area contributed by atoms with Gasteiger partial charge in [0, 0.05) is 15.5 Å². The third-order valence-corrected chi connectivity index (χ3v) is 4.20. The molecule has 0 heterocycles. The van der Waals surface area contributed by atoms with Crippen molar-refractivity contribution in [1.82, 2.24) is 0 Å². The monoisotopic (exact) mass is 300 g/mol. The van der Waals surface area contributed by atoms with Crippen LogP contribution in [0.3, 0.4) is 0 Å². The lowest BCUT2D eigenvalue weighted by Gasteiger charge is -2.11. The van der Waals surface area contributed by atoms with E-state index in [0.29, 0.717) is 13.2 Å². The van der Waals surface area contributed by atoms with Gasteiger partial charge in [-0.3, -0.25) is 0 Å². The van der Waals surface area contributed by atoms with Crippen LogP contribution < -0.4 is 0 Å². The van der Waals surface area contributed by atoms with Crippen molar-refractivity contribution in [1.29, 1.82) is 0 Å². The molecule has 0 aromatic carbocycles. The third-order valence-electron chi connectivity index (χ3n) is 1.99. The van der Waals surface area contributed by atoms with Crippen LogP contribution in [0.2, 0.25) is 0 Å². The molecule has 0 saturated carbocycles. The van der Waals surface area contributed by atoms with Gasteiger partial charge in [-0.1, -0.05) is 39.5 Å². The highest BCUT2D eigenvalue weighted by atomic mass is 79.9. The summed E-state index contributed by atoms with van der Waals surface area (Å²) >= 11 is 3.00. The summed E-state index contributed by atoms with van der Waals surface area (Å²) in [5, 5.41) is 0. The van der Waals surface area contributed by atoms with Gasteiger partial charge in [-0.15, -0.1) is 0 Å². The minimum atomic E-state index is -2.96. The van der Waals surface area contributed by atoms with E-state index in [0.717, 1.165) is 38.5 Å². The van der Waals surface area contributed by atoms with E-state index >= 15 is 0 Å². The van der Waals surface area contributed by atoms with Crippen molar-refractivity contribution in [3.05, 3.63) is 0 Å². The Kier molecular flexibility index (Phi) is 10.2. The van der Waals surface area contributed by atoms with Gasteiger partial charge in [-0.05, 0) is 12.8 Å². The zero-order chi connectivity index (χ0) is 11.6. The van der Waals surface area contributed by atoms with Crippen LogP contribution >= 0.6 is 21.8 Å². The van der Waals surface area contributed by atoms with Gasteiger partial charge in [0.25, 0.3) is 0 Å². The van der Waals surface area contributed by atoms with E-state index in [2.05, 4.69) is 29.3 Å². The summed E-state index contributed by atoms with van der Waals surface area (Å²) < 4.78 is 21.9. The van der Waals surface area contributed by atoms with Crippen molar-refractivity contribution in [3.8, 4) is 0 Å². The molecule has 0 rings (SSSR count). The molecule has 0 N–H and O–H groups in total. The van der Waals surface area contributed by atoms with E-state index in [4.69, 9.17) is 9.05 Å². The maximum Gasteiger partial charge on any atom is 0.396 e. The second-order valence-electron chi connectivity index (χ2n) is 3.51. The predicted molar refractivity (Wildman–Crippen MR) is 67.5 cm³/mol. The Bertz CT molecular complexity index is 172. The minimum Gasteiger partial charge on any atom is -0.301 e. The summed E-state index contributed by atoms with van der Waals surface area (Å²) in [4.78, 5) is 0. The van der Waals surface area contributed by atoms with E-state index in [1.165, 1.54) is 0 Å². The van der Waals surface area contributed by atoms with E-state index < -0.39 is 6.30 Å². The minimum absolute atomic E-state index is 0.504. The Labute approximate surface area is 101 Å². The molecule has 15 heavy (non-hydrogen) atoms. The summed E-state index contributed by atoms with van der Waals surface area (Å²) in [5.74, 6) is 0. The van der Waals surface area contributed by atoms with Gasteiger partial charge in [0.1, 0.15) is 0 Å². The lowest BCUT2D eigenvalue weighted by atomic mass is 10.3. The Morgan fingerprint density at radius 2 is 1.33 bits per heavy atom. The zero-order valence-corrected chi connectivity index (χ0v) is 12.2. The van der Waals surface area contributed by atoms with E-state index in [1.54, 1.807) is 0 Å². The summed E-state index contributed by atoms with van der Waals surface area (Å²) in [6.07, 6.45) is 3.37. The molecular weight excluding hydrogens is 279 g/mol. The molecule has 92 valence electrons. The van der Waals surface area contributed by atoms with E-state index in [-0.39, 0.29) is 0 Å². The summed E-state index contributed by atoms with van der Waals surface area (Å²) in [6, 6.07) is 0. The topological polar surface area (TPSA) is 35.5 Å². The largest absolute Gasteiger partial charge is 0.396 e. The third kappa shape index (κ3) is 10.9. The molecule has 0 aliphatic heterocycles. The normalized spacial score (nSPS) is 11.9. The van der Waals surface area contributed by atoms with Gasteiger partial charge >= 0.3 is 6.30 Å². The number of hydrogen-bond donors (Lipinski definition) is 0. The fourth-order valence-electron chi connectivity index (χ4n) is 1.09. The Morgan fingerprint density at radius 3 is 1.67 bits per heavy atom. The smallest absolute Gasteiger partial charge is 0.301 e. The molecule has 0 aromatic rings. The van der Waals surface area contributed by atoms with Crippen LogP contribution in [0, 0.1) is 0 Å². The fourth-order valence-corrected chi connectivity index (χ4v) is 2.73. The van der Waals surface area contributed by atoms with Crippen molar-refractivity contribution in [2.45, 2.75) is 52.4 Å².